The Balaban J connectivity index is 2.91. The predicted octanol–water partition coefficient (Wildman–Crippen LogP) is 0.434. The quantitative estimate of drug-likeness (QED) is 0.400. The van der Waals surface area contributed by atoms with Crippen LogP contribution in [-0.2, 0) is 9.59 Å². The van der Waals surface area contributed by atoms with Gasteiger partial charge in [-0.05, 0) is 19.3 Å². The molecule has 0 radical (unpaired) electrons. The van der Waals surface area contributed by atoms with Crippen LogP contribution < -0.4 is 16.8 Å². The van der Waals surface area contributed by atoms with Crippen molar-refractivity contribution in [1.29, 1.82) is 0 Å². The number of rotatable bonds is 7. The van der Waals surface area contributed by atoms with E-state index in [1.807, 2.05) is 0 Å². The summed E-state index contributed by atoms with van der Waals surface area (Å²) in [7, 11) is 0. The first-order chi connectivity index (χ1) is 9.85. The van der Waals surface area contributed by atoms with Gasteiger partial charge in [0.25, 0.3) is 0 Å². The van der Waals surface area contributed by atoms with Crippen molar-refractivity contribution in [3.8, 4) is 0 Å². The summed E-state index contributed by atoms with van der Waals surface area (Å²) in [5, 5.41) is 12.2. The molecule has 0 spiro atoms. The normalized spacial score (nSPS) is 26.1. The van der Waals surface area contributed by atoms with E-state index >= 15 is 0 Å². The van der Waals surface area contributed by atoms with Gasteiger partial charge in [0.1, 0.15) is 0 Å². The second kappa shape index (κ2) is 7.85. The maximum absolute atomic E-state index is 11.4. The highest BCUT2D eigenvalue weighted by atomic mass is 16.4. The lowest BCUT2D eigenvalue weighted by atomic mass is 9.90. The first kappa shape index (κ1) is 17.3. The maximum Gasteiger partial charge on any atom is 0.306 e. The van der Waals surface area contributed by atoms with Crippen molar-refractivity contribution in [1.82, 2.24) is 5.32 Å². The van der Waals surface area contributed by atoms with Gasteiger partial charge in [-0.1, -0.05) is 19.8 Å². The van der Waals surface area contributed by atoms with Gasteiger partial charge < -0.3 is 21.9 Å². The molecule has 0 aromatic carbocycles. The maximum atomic E-state index is 11.4. The van der Waals surface area contributed by atoms with E-state index in [4.69, 9.17) is 11.5 Å². The second-order valence-corrected chi connectivity index (χ2v) is 5.74. The number of carbonyl (C=O) groups is 2. The lowest BCUT2D eigenvalue weighted by Gasteiger charge is -2.27. The molecule has 0 aromatic heterocycles. The summed E-state index contributed by atoms with van der Waals surface area (Å²) < 4.78 is 0. The first-order valence-corrected chi connectivity index (χ1v) is 7.43. The molecule has 0 bridgehead atoms. The summed E-state index contributed by atoms with van der Waals surface area (Å²) in [6.07, 6.45) is 3.70. The molecule has 1 aliphatic rings. The molecule has 4 atom stereocenters. The second-order valence-electron chi connectivity index (χ2n) is 5.74. The van der Waals surface area contributed by atoms with Crippen molar-refractivity contribution in [3.63, 3.8) is 0 Å². The lowest BCUT2D eigenvalue weighted by molar-refractivity contribution is -0.141. The molecule has 0 aromatic rings. The van der Waals surface area contributed by atoms with Crippen LogP contribution in [0.15, 0.2) is 4.99 Å². The number of carbonyl (C=O) groups excluding carboxylic acids is 1. The Morgan fingerprint density at radius 1 is 1.38 bits per heavy atom. The number of aliphatic carboxylic acids is 1. The van der Waals surface area contributed by atoms with Gasteiger partial charge in [-0.3, -0.25) is 9.59 Å². The Morgan fingerprint density at radius 2 is 2.05 bits per heavy atom. The lowest BCUT2D eigenvalue weighted by Crippen LogP contribution is -2.42. The average molecular weight is 298 g/mol. The molecule has 1 aliphatic carbocycles. The molecular weight excluding hydrogens is 272 g/mol. The summed E-state index contributed by atoms with van der Waals surface area (Å²) in [6, 6.07) is -0.329. The monoisotopic (exact) mass is 298 g/mol. The summed E-state index contributed by atoms with van der Waals surface area (Å²) in [6.45, 7) is 3.55. The third kappa shape index (κ3) is 5.24. The summed E-state index contributed by atoms with van der Waals surface area (Å²) >= 11 is 0. The molecule has 1 rings (SSSR count). The molecule has 1 amide bonds. The highest BCUT2D eigenvalue weighted by Gasteiger charge is 2.42. The molecule has 0 aliphatic heterocycles. The molecule has 0 heterocycles. The van der Waals surface area contributed by atoms with E-state index in [0.717, 1.165) is 19.3 Å². The number of guanidine groups is 1. The minimum absolute atomic E-state index is 0.0342. The summed E-state index contributed by atoms with van der Waals surface area (Å²) in [5.74, 6) is -1.47. The molecule has 1 fully saturated rings. The van der Waals surface area contributed by atoms with Crippen molar-refractivity contribution in [2.75, 3.05) is 0 Å². The fourth-order valence-electron chi connectivity index (χ4n) is 3.10. The summed E-state index contributed by atoms with van der Waals surface area (Å²) in [5.41, 5.74) is 10.9. The number of hydrogen-bond donors (Lipinski definition) is 4. The fraction of sp³-hybridized carbons (Fsp3) is 0.786. The van der Waals surface area contributed by atoms with Crippen molar-refractivity contribution in [2.45, 2.75) is 58.0 Å². The van der Waals surface area contributed by atoms with E-state index in [-0.39, 0.29) is 29.9 Å². The Hall–Kier alpha value is -1.79. The Labute approximate surface area is 125 Å². The number of hydrogen-bond acceptors (Lipinski definition) is 3. The molecule has 120 valence electrons. The molecule has 1 unspecified atom stereocenters. The predicted molar refractivity (Wildman–Crippen MR) is 80.6 cm³/mol. The molecule has 7 heteroatoms. The Bertz CT molecular complexity index is 407. The minimum Gasteiger partial charge on any atom is -0.481 e. The minimum atomic E-state index is -0.828. The van der Waals surface area contributed by atoms with Crippen LogP contribution >= 0.6 is 0 Å². The topological polar surface area (TPSA) is 131 Å². The van der Waals surface area contributed by atoms with E-state index in [9.17, 15) is 14.7 Å². The average Bonchev–Trinajstić information content (AvgIpc) is 2.77. The van der Waals surface area contributed by atoms with Crippen LogP contribution in [0.5, 0.6) is 0 Å². The number of amides is 1. The smallest absolute Gasteiger partial charge is 0.306 e. The number of nitrogens with two attached hydrogens (primary N) is 2. The van der Waals surface area contributed by atoms with E-state index in [0.29, 0.717) is 12.8 Å². The van der Waals surface area contributed by atoms with Gasteiger partial charge in [0, 0.05) is 18.9 Å². The van der Waals surface area contributed by atoms with Crippen LogP contribution in [-0.4, -0.2) is 35.0 Å². The Morgan fingerprint density at radius 3 is 2.52 bits per heavy atom. The number of nitrogens with zero attached hydrogens (tertiary/aromatic N) is 1. The number of nitrogens with one attached hydrogen (secondary N) is 1. The standard InChI is InChI=1S/C14H26N4O3/c1-3-4-5-11(17-8(2)19)10-6-9(13(20)21)7-12(10)18-14(15)16/h9-12H,3-7H2,1-2H3,(H,17,19)(H,20,21)(H4,15,16,18)/t9?,10-,11-,12+/m0/s1. The zero-order valence-electron chi connectivity index (χ0n) is 12.7. The molecular formula is C14H26N4O3. The van der Waals surface area contributed by atoms with Crippen LogP contribution in [0.2, 0.25) is 0 Å². The largest absolute Gasteiger partial charge is 0.481 e. The van der Waals surface area contributed by atoms with Gasteiger partial charge >= 0.3 is 5.97 Å². The van der Waals surface area contributed by atoms with Crippen molar-refractivity contribution >= 4 is 17.8 Å². The molecule has 0 saturated heterocycles. The van der Waals surface area contributed by atoms with Gasteiger partial charge in [-0.2, -0.15) is 0 Å². The van der Waals surface area contributed by atoms with E-state index in [1.165, 1.54) is 6.92 Å². The van der Waals surface area contributed by atoms with Crippen molar-refractivity contribution in [2.24, 2.45) is 28.3 Å². The van der Waals surface area contributed by atoms with Gasteiger partial charge in [0.15, 0.2) is 5.96 Å². The van der Waals surface area contributed by atoms with Crippen molar-refractivity contribution < 1.29 is 14.7 Å². The molecule has 21 heavy (non-hydrogen) atoms. The summed E-state index contributed by atoms with van der Waals surface area (Å²) in [4.78, 5) is 26.8. The zero-order valence-corrected chi connectivity index (χ0v) is 12.7. The van der Waals surface area contributed by atoms with Crippen molar-refractivity contribution in [3.05, 3.63) is 0 Å². The van der Waals surface area contributed by atoms with Gasteiger partial charge in [0.05, 0.1) is 12.0 Å². The molecule has 7 nitrogen and oxygen atoms in total. The van der Waals surface area contributed by atoms with Gasteiger partial charge in [-0.25, -0.2) is 4.99 Å². The molecule has 1 saturated carbocycles. The van der Waals surface area contributed by atoms with Crippen LogP contribution in [0.4, 0.5) is 0 Å². The third-order valence-corrected chi connectivity index (χ3v) is 4.02. The highest BCUT2D eigenvalue weighted by Crippen LogP contribution is 2.37. The van der Waals surface area contributed by atoms with Gasteiger partial charge in [-0.15, -0.1) is 0 Å². The number of unbranched alkanes of at least 4 members (excludes halogenated alkanes) is 1. The molecule has 6 N–H and O–H groups in total. The number of carboxylic acid groups (broad SMARTS) is 1. The highest BCUT2D eigenvalue weighted by molar-refractivity contribution is 5.76. The van der Waals surface area contributed by atoms with E-state index < -0.39 is 11.9 Å². The number of carboxylic acids is 1. The van der Waals surface area contributed by atoms with Crippen LogP contribution in [0.1, 0.15) is 46.0 Å². The van der Waals surface area contributed by atoms with Gasteiger partial charge in [0.2, 0.25) is 5.91 Å². The Kier molecular flexibility index (Phi) is 6.45. The number of aliphatic imine (C=N–C) groups is 1. The fourth-order valence-corrected chi connectivity index (χ4v) is 3.10. The first-order valence-electron chi connectivity index (χ1n) is 7.43. The van der Waals surface area contributed by atoms with E-state index in [2.05, 4.69) is 17.2 Å². The van der Waals surface area contributed by atoms with Crippen LogP contribution in [0.25, 0.3) is 0 Å². The van der Waals surface area contributed by atoms with Crippen LogP contribution in [0, 0.1) is 11.8 Å². The van der Waals surface area contributed by atoms with E-state index in [1.54, 1.807) is 0 Å². The zero-order chi connectivity index (χ0) is 16.0. The van der Waals surface area contributed by atoms with Crippen LogP contribution in [0.3, 0.4) is 0 Å². The SMILES string of the molecule is CCCC[C@H](NC(C)=O)[C@@H]1CC(C(=O)O)C[C@H]1N=C(N)N. The third-order valence-electron chi connectivity index (χ3n) is 4.02.